The number of aliphatic imine (C=N–C) groups is 1. The summed E-state index contributed by atoms with van der Waals surface area (Å²) >= 11 is 0. The van der Waals surface area contributed by atoms with Crippen LogP contribution in [0.5, 0.6) is 0 Å². The van der Waals surface area contributed by atoms with Gasteiger partial charge in [0.1, 0.15) is 5.82 Å². The number of fused-ring (bicyclic) bond motifs is 1. The summed E-state index contributed by atoms with van der Waals surface area (Å²) in [5.41, 5.74) is 1.24. The SMILES string of the molecule is N#Cc1ccc2c(c1)N=C(N1CCN(c3ccc(F)cc3)CC1)N(c1cccc(C(F)(F)F)c1)C2CC(=O)[O-]. The average molecular weight is 537 g/mol. The van der Waals surface area contributed by atoms with Crippen molar-refractivity contribution in [3.8, 4) is 6.07 Å². The summed E-state index contributed by atoms with van der Waals surface area (Å²) in [6, 6.07) is 16.5. The third-order valence-electron chi connectivity index (χ3n) is 6.83. The summed E-state index contributed by atoms with van der Waals surface area (Å²) in [6.07, 6.45) is -5.11. The molecule has 0 saturated carbocycles. The molecular formula is C28H22F4N5O2-. The molecule has 7 nitrogen and oxygen atoms in total. The molecule has 3 aromatic rings. The Hall–Kier alpha value is -4.59. The van der Waals surface area contributed by atoms with Gasteiger partial charge < -0.3 is 24.6 Å². The van der Waals surface area contributed by atoms with E-state index < -0.39 is 30.2 Å². The largest absolute Gasteiger partial charge is 0.550 e. The number of hydrogen-bond donors (Lipinski definition) is 0. The summed E-state index contributed by atoms with van der Waals surface area (Å²) in [5.74, 6) is -1.45. The minimum Gasteiger partial charge on any atom is -0.550 e. The molecule has 0 aromatic heterocycles. The molecule has 1 saturated heterocycles. The highest BCUT2D eigenvalue weighted by Crippen LogP contribution is 2.42. The first-order chi connectivity index (χ1) is 18.6. The zero-order chi connectivity index (χ0) is 27.7. The highest BCUT2D eigenvalue weighted by molar-refractivity contribution is 6.01. The molecule has 3 aromatic carbocycles. The molecule has 1 fully saturated rings. The minimum atomic E-state index is -4.60. The van der Waals surface area contributed by atoms with Crippen LogP contribution in [-0.4, -0.2) is 43.0 Å². The molecule has 0 spiro atoms. The fourth-order valence-electron chi connectivity index (χ4n) is 4.96. The van der Waals surface area contributed by atoms with Crippen molar-refractivity contribution in [2.45, 2.75) is 18.6 Å². The number of aliphatic carboxylic acids is 1. The molecule has 0 amide bonds. The maximum Gasteiger partial charge on any atom is 0.416 e. The lowest BCUT2D eigenvalue weighted by atomic mass is 9.96. The Labute approximate surface area is 221 Å². The Bertz CT molecular complexity index is 1460. The summed E-state index contributed by atoms with van der Waals surface area (Å²) in [5, 5.41) is 21.3. The fraction of sp³-hybridized carbons (Fsp3) is 0.250. The van der Waals surface area contributed by atoms with E-state index in [1.807, 2.05) is 15.9 Å². The lowest BCUT2D eigenvalue weighted by molar-refractivity contribution is -0.306. The van der Waals surface area contributed by atoms with Gasteiger partial charge in [0.05, 0.1) is 28.9 Å². The first-order valence-corrected chi connectivity index (χ1v) is 12.2. The van der Waals surface area contributed by atoms with Crippen molar-refractivity contribution in [2.24, 2.45) is 4.99 Å². The number of nitriles is 1. The van der Waals surface area contributed by atoms with Gasteiger partial charge in [0.25, 0.3) is 0 Å². The molecule has 200 valence electrons. The van der Waals surface area contributed by atoms with Crippen molar-refractivity contribution in [1.29, 1.82) is 5.26 Å². The van der Waals surface area contributed by atoms with Crippen LogP contribution in [0.4, 0.5) is 34.6 Å². The lowest BCUT2D eigenvalue weighted by Crippen LogP contribution is -2.55. The topological polar surface area (TPSA) is 86.0 Å². The number of alkyl halides is 3. The zero-order valence-corrected chi connectivity index (χ0v) is 20.5. The van der Waals surface area contributed by atoms with Crippen LogP contribution in [0, 0.1) is 17.1 Å². The van der Waals surface area contributed by atoms with Crippen molar-refractivity contribution in [2.75, 3.05) is 36.0 Å². The van der Waals surface area contributed by atoms with E-state index >= 15 is 0 Å². The summed E-state index contributed by atoms with van der Waals surface area (Å²) in [6.45, 7) is 1.85. The van der Waals surface area contributed by atoms with Crippen molar-refractivity contribution in [3.05, 3.63) is 89.2 Å². The molecule has 11 heteroatoms. The number of nitrogens with zero attached hydrogens (tertiary/aromatic N) is 5. The third-order valence-corrected chi connectivity index (χ3v) is 6.83. The van der Waals surface area contributed by atoms with E-state index in [0.29, 0.717) is 43.0 Å². The second kappa shape index (κ2) is 10.3. The van der Waals surface area contributed by atoms with Crippen LogP contribution in [0.2, 0.25) is 0 Å². The summed E-state index contributed by atoms with van der Waals surface area (Å²) in [7, 11) is 0. The van der Waals surface area contributed by atoms with Gasteiger partial charge in [-0.25, -0.2) is 9.38 Å². The Morgan fingerprint density at radius 2 is 1.67 bits per heavy atom. The van der Waals surface area contributed by atoms with Crippen LogP contribution in [-0.2, 0) is 11.0 Å². The highest BCUT2D eigenvalue weighted by Gasteiger charge is 2.37. The van der Waals surface area contributed by atoms with Crippen LogP contribution in [0.15, 0.2) is 71.7 Å². The standard InChI is InChI=1S/C28H23F4N5O2/c29-20-5-7-21(8-6-20)35-10-12-36(13-11-35)27-34-24-14-18(17-33)4-9-23(24)25(16-26(38)39)37(27)22-3-1-2-19(15-22)28(30,31)32/h1-9,14-15,25H,10-13,16H2,(H,38,39)/p-1. The molecule has 5 rings (SSSR count). The molecule has 0 radical (unpaired) electrons. The van der Waals surface area contributed by atoms with E-state index in [2.05, 4.69) is 0 Å². The van der Waals surface area contributed by atoms with Crippen molar-refractivity contribution in [3.63, 3.8) is 0 Å². The second-order valence-electron chi connectivity index (χ2n) is 9.26. The second-order valence-corrected chi connectivity index (χ2v) is 9.26. The number of carboxylic acids is 1. The zero-order valence-electron chi connectivity index (χ0n) is 20.5. The van der Waals surface area contributed by atoms with Crippen molar-refractivity contribution in [1.82, 2.24) is 4.90 Å². The van der Waals surface area contributed by atoms with Crippen LogP contribution in [0.3, 0.4) is 0 Å². The number of piperazine rings is 1. The number of guanidine groups is 1. The highest BCUT2D eigenvalue weighted by atomic mass is 19.4. The predicted octanol–water partition coefficient (Wildman–Crippen LogP) is 4.23. The van der Waals surface area contributed by atoms with Gasteiger partial charge in [0.15, 0.2) is 0 Å². The number of carbonyl (C=O) groups is 1. The summed E-state index contributed by atoms with van der Waals surface area (Å²) < 4.78 is 54.3. The number of hydrogen-bond acceptors (Lipinski definition) is 7. The minimum absolute atomic E-state index is 0.130. The molecule has 2 aliphatic heterocycles. The van der Waals surface area contributed by atoms with Gasteiger partial charge in [0, 0.05) is 55.5 Å². The van der Waals surface area contributed by atoms with Crippen LogP contribution >= 0.6 is 0 Å². The van der Waals surface area contributed by atoms with E-state index in [4.69, 9.17) is 4.99 Å². The Morgan fingerprint density at radius 3 is 2.31 bits per heavy atom. The van der Waals surface area contributed by atoms with Gasteiger partial charge >= 0.3 is 6.18 Å². The maximum atomic E-state index is 13.6. The Morgan fingerprint density at radius 1 is 0.974 bits per heavy atom. The number of halogens is 4. The average Bonchev–Trinajstić information content (AvgIpc) is 2.92. The number of carbonyl (C=O) groups excluding carboxylic acids is 1. The number of rotatable bonds is 4. The van der Waals surface area contributed by atoms with E-state index in [1.54, 1.807) is 18.2 Å². The van der Waals surface area contributed by atoms with Gasteiger partial charge in [-0.15, -0.1) is 0 Å². The third kappa shape index (κ3) is 5.36. The van der Waals surface area contributed by atoms with Gasteiger partial charge in [-0.3, -0.25) is 0 Å². The van der Waals surface area contributed by atoms with Crippen LogP contribution in [0.1, 0.15) is 29.2 Å². The quantitative estimate of drug-likeness (QED) is 0.464. The Balaban J connectivity index is 1.57. The molecule has 0 bridgehead atoms. The first kappa shape index (κ1) is 26.0. The normalized spacial score (nSPS) is 17.4. The van der Waals surface area contributed by atoms with E-state index in [1.165, 1.54) is 41.3 Å². The van der Waals surface area contributed by atoms with Crippen molar-refractivity contribution < 1.29 is 27.5 Å². The first-order valence-electron chi connectivity index (χ1n) is 12.2. The number of anilines is 2. The molecule has 0 N–H and O–H groups in total. The lowest BCUT2D eigenvalue weighted by Gasteiger charge is -2.45. The van der Waals surface area contributed by atoms with Gasteiger partial charge in [0.2, 0.25) is 5.96 Å². The molecular weight excluding hydrogens is 514 g/mol. The van der Waals surface area contributed by atoms with E-state index in [-0.39, 0.29) is 17.5 Å². The molecule has 1 unspecified atom stereocenters. The van der Waals surface area contributed by atoms with Crippen LogP contribution in [0.25, 0.3) is 0 Å². The van der Waals surface area contributed by atoms with E-state index in [9.17, 15) is 32.7 Å². The Kier molecular flexibility index (Phi) is 6.87. The molecule has 39 heavy (non-hydrogen) atoms. The molecule has 2 aliphatic rings. The molecule has 2 heterocycles. The van der Waals surface area contributed by atoms with Crippen LogP contribution < -0.4 is 14.9 Å². The molecule has 1 atom stereocenters. The van der Waals surface area contributed by atoms with E-state index in [0.717, 1.165) is 17.8 Å². The number of carboxylic acid groups (broad SMARTS) is 1. The van der Waals surface area contributed by atoms with Gasteiger partial charge in [-0.05, 0) is 54.6 Å². The monoisotopic (exact) mass is 536 g/mol. The fourth-order valence-corrected chi connectivity index (χ4v) is 4.96. The summed E-state index contributed by atoms with van der Waals surface area (Å²) in [4.78, 5) is 22.0. The predicted molar refractivity (Wildman–Crippen MR) is 135 cm³/mol. The van der Waals surface area contributed by atoms with Gasteiger partial charge in [-0.1, -0.05) is 12.1 Å². The van der Waals surface area contributed by atoms with Gasteiger partial charge in [-0.2, -0.15) is 18.4 Å². The van der Waals surface area contributed by atoms with Crippen molar-refractivity contribution >= 4 is 29.0 Å². The molecule has 0 aliphatic carbocycles. The number of benzene rings is 3. The maximum absolute atomic E-state index is 13.6. The smallest absolute Gasteiger partial charge is 0.416 e.